The average molecular weight is 552 g/mol. The summed E-state index contributed by atoms with van der Waals surface area (Å²) in [5, 5.41) is 12.2. The van der Waals surface area contributed by atoms with Gasteiger partial charge >= 0.3 is 6.36 Å². The van der Waals surface area contributed by atoms with Gasteiger partial charge in [-0.25, -0.2) is 15.0 Å². The van der Waals surface area contributed by atoms with Crippen molar-refractivity contribution in [3.63, 3.8) is 0 Å². The highest BCUT2D eigenvalue weighted by atomic mass is 19.4. The number of halogens is 3. The lowest BCUT2D eigenvalue weighted by atomic mass is 10.2. The van der Waals surface area contributed by atoms with Gasteiger partial charge in [-0.3, -0.25) is 9.36 Å². The number of hydrogen-bond donors (Lipinski definition) is 5. The first kappa shape index (κ1) is 26.3. The van der Waals surface area contributed by atoms with Crippen LogP contribution in [0.25, 0.3) is 5.69 Å². The third kappa shape index (κ3) is 6.98. The molecule has 0 saturated carbocycles. The molecule has 5 rings (SSSR count). The predicted octanol–water partition coefficient (Wildman–Crippen LogP) is 3.79. The number of imidazole rings is 2. The van der Waals surface area contributed by atoms with Gasteiger partial charge in [0, 0.05) is 60.3 Å². The monoisotopic (exact) mass is 551 g/mol. The summed E-state index contributed by atoms with van der Waals surface area (Å²) in [5.74, 6) is 1.04. The van der Waals surface area contributed by atoms with E-state index < -0.39 is 6.36 Å². The van der Waals surface area contributed by atoms with Crippen LogP contribution >= 0.6 is 0 Å². The van der Waals surface area contributed by atoms with Gasteiger partial charge in [0.1, 0.15) is 24.1 Å². The first-order valence-electron chi connectivity index (χ1n) is 12.1. The molecule has 0 fully saturated rings. The van der Waals surface area contributed by atoms with Crippen LogP contribution in [0.15, 0.2) is 90.3 Å². The highest BCUT2D eigenvalue weighted by Crippen LogP contribution is 2.24. The van der Waals surface area contributed by atoms with E-state index in [0.717, 1.165) is 11.4 Å². The summed E-state index contributed by atoms with van der Waals surface area (Å²) in [6, 6.07) is 12.5. The molecule has 14 heteroatoms. The molecule has 3 heterocycles. The summed E-state index contributed by atoms with van der Waals surface area (Å²) in [5.41, 5.74) is 2.71. The Hall–Kier alpha value is -5.27. The van der Waals surface area contributed by atoms with E-state index in [4.69, 9.17) is 0 Å². The molecule has 0 atom stereocenters. The molecule has 2 aromatic carbocycles. The fourth-order valence-corrected chi connectivity index (χ4v) is 3.84. The molecule has 4 aromatic rings. The van der Waals surface area contributed by atoms with Gasteiger partial charge in [0.05, 0.1) is 6.33 Å². The van der Waals surface area contributed by atoms with E-state index in [1.165, 1.54) is 24.3 Å². The number of amides is 1. The molecule has 0 aliphatic carbocycles. The lowest BCUT2D eigenvalue weighted by Crippen LogP contribution is -2.28. The van der Waals surface area contributed by atoms with Crippen LogP contribution in [0.1, 0.15) is 16.1 Å². The normalized spacial score (nSPS) is 13.1. The number of alkyl halides is 3. The second kappa shape index (κ2) is 11.6. The van der Waals surface area contributed by atoms with Crippen molar-refractivity contribution in [2.45, 2.75) is 12.8 Å². The number of nitrogens with one attached hydrogen (secondary N) is 5. The topological polar surface area (TPSA) is 133 Å². The van der Waals surface area contributed by atoms with E-state index in [1.54, 1.807) is 53.8 Å². The number of H-pyrrole nitrogens is 1. The second-order valence-electron chi connectivity index (χ2n) is 8.51. The predicted molar refractivity (Wildman–Crippen MR) is 142 cm³/mol. The number of anilines is 2. The number of ether oxygens (including phenoxy) is 1. The van der Waals surface area contributed by atoms with E-state index in [0.29, 0.717) is 41.8 Å². The molecule has 1 aliphatic rings. The first-order valence-corrected chi connectivity index (χ1v) is 12.1. The molecule has 0 spiro atoms. The van der Waals surface area contributed by atoms with Crippen molar-refractivity contribution in [3.05, 3.63) is 96.6 Å². The van der Waals surface area contributed by atoms with Gasteiger partial charge in [0.25, 0.3) is 5.91 Å². The Morgan fingerprint density at radius 1 is 1.12 bits per heavy atom. The van der Waals surface area contributed by atoms with E-state index >= 15 is 0 Å². The maximum absolute atomic E-state index is 12.7. The number of carbonyl (C=O) groups is 1. The number of amidine groups is 1. The Morgan fingerprint density at radius 3 is 2.75 bits per heavy atom. The third-order valence-corrected chi connectivity index (χ3v) is 5.67. The van der Waals surface area contributed by atoms with Gasteiger partial charge in [-0.15, -0.1) is 13.2 Å². The van der Waals surface area contributed by atoms with Crippen molar-refractivity contribution in [2.24, 2.45) is 4.99 Å². The molecule has 1 amide bonds. The molecular weight excluding hydrogens is 527 g/mol. The molecule has 0 bridgehead atoms. The van der Waals surface area contributed by atoms with Gasteiger partial charge in [0.15, 0.2) is 0 Å². The minimum absolute atomic E-state index is 0.199. The highest BCUT2D eigenvalue weighted by molar-refractivity contribution is 6.04. The number of aromatic amines is 1. The van der Waals surface area contributed by atoms with E-state index in [1.807, 2.05) is 6.07 Å². The lowest BCUT2D eigenvalue weighted by molar-refractivity contribution is -0.274. The minimum atomic E-state index is -4.75. The molecule has 11 nitrogen and oxygen atoms in total. The number of aliphatic imine (C=N–C) groups is 1. The summed E-state index contributed by atoms with van der Waals surface area (Å²) >= 11 is 0. The smallest absolute Gasteiger partial charge is 0.406 e. The van der Waals surface area contributed by atoms with Crippen LogP contribution in [-0.4, -0.2) is 50.8 Å². The van der Waals surface area contributed by atoms with Crippen molar-refractivity contribution < 1.29 is 22.7 Å². The first-order chi connectivity index (χ1) is 19.3. The number of aromatic nitrogens is 4. The van der Waals surface area contributed by atoms with Gasteiger partial charge in [0.2, 0.25) is 5.95 Å². The summed E-state index contributed by atoms with van der Waals surface area (Å²) in [7, 11) is 0. The largest absolute Gasteiger partial charge is 0.573 e. The molecule has 2 aromatic heterocycles. The molecule has 206 valence electrons. The summed E-state index contributed by atoms with van der Waals surface area (Å²) in [6.45, 7) is 0.719. The van der Waals surface area contributed by atoms with Crippen LogP contribution in [0.4, 0.5) is 24.8 Å². The zero-order chi connectivity index (χ0) is 28.0. The van der Waals surface area contributed by atoms with Gasteiger partial charge < -0.3 is 31.0 Å². The van der Waals surface area contributed by atoms with Crippen molar-refractivity contribution in [3.8, 4) is 11.4 Å². The van der Waals surface area contributed by atoms with Crippen molar-refractivity contribution in [1.29, 1.82) is 0 Å². The number of rotatable bonds is 9. The van der Waals surface area contributed by atoms with Crippen LogP contribution in [0, 0.1) is 0 Å². The average Bonchev–Trinajstić information content (AvgIpc) is 3.62. The van der Waals surface area contributed by atoms with Crippen molar-refractivity contribution in [1.82, 2.24) is 30.2 Å². The van der Waals surface area contributed by atoms with E-state index in [9.17, 15) is 18.0 Å². The van der Waals surface area contributed by atoms with Crippen molar-refractivity contribution in [2.75, 3.05) is 23.8 Å². The Kier molecular flexibility index (Phi) is 7.66. The number of nitrogens with zero attached hydrogens (tertiary/aromatic N) is 4. The Bertz CT molecular complexity index is 1510. The number of hydrogen-bond acceptors (Lipinski definition) is 8. The van der Waals surface area contributed by atoms with Crippen LogP contribution in [0.3, 0.4) is 0 Å². The minimum Gasteiger partial charge on any atom is -0.406 e. The molecular formula is C26H24F3N9O2. The van der Waals surface area contributed by atoms with Gasteiger partial charge in [-0.05, 0) is 42.5 Å². The summed E-state index contributed by atoms with van der Waals surface area (Å²) < 4.78 is 42.9. The zero-order valence-electron chi connectivity index (χ0n) is 20.9. The fraction of sp³-hybridized carbons (Fsp3) is 0.154. The van der Waals surface area contributed by atoms with Gasteiger partial charge in [-0.1, -0.05) is 6.07 Å². The molecule has 40 heavy (non-hydrogen) atoms. The molecule has 1 aliphatic heterocycles. The summed E-state index contributed by atoms with van der Waals surface area (Å²) in [4.78, 5) is 28.4. The Balaban J connectivity index is 1.22. The Morgan fingerprint density at radius 2 is 1.98 bits per heavy atom. The van der Waals surface area contributed by atoms with E-state index in [-0.39, 0.29) is 18.3 Å². The maximum Gasteiger partial charge on any atom is 0.573 e. The van der Waals surface area contributed by atoms with Gasteiger partial charge in [-0.2, -0.15) is 0 Å². The molecule has 0 unspecified atom stereocenters. The van der Waals surface area contributed by atoms with Crippen LogP contribution in [-0.2, 0) is 6.42 Å². The number of benzene rings is 2. The van der Waals surface area contributed by atoms with E-state index in [2.05, 4.69) is 45.9 Å². The maximum atomic E-state index is 12.7. The zero-order valence-corrected chi connectivity index (χ0v) is 20.9. The van der Waals surface area contributed by atoms with Crippen LogP contribution in [0.5, 0.6) is 5.75 Å². The number of carbonyl (C=O) groups excluding carboxylic acids is 1. The third-order valence-electron chi connectivity index (χ3n) is 5.67. The molecule has 0 radical (unpaired) electrons. The second-order valence-corrected chi connectivity index (χ2v) is 8.51. The Labute approximate surface area is 226 Å². The quantitative estimate of drug-likeness (QED) is 0.214. The van der Waals surface area contributed by atoms with Crippen LogP contribution in [0.2, 0.25) is 0 Å². The van der Waals surface area contributed by atoms with Crippen LogP contribution < -0.4 is 26.0 Å². The van der Waals surface area contributed by atoms with Crippen molar-refractivity contribution >= 4 is 23.4 Å². The lowest BCUT2D eigenvalue weighted by Gasteiger charge is -2.18. The molecule has 5 N–H and O–H groups in total. The SMILES string of the molecule is O=C(NCCc1cnc[nH]1)c1cccc(-n2ccnc2NC2=NCNC(Nc3ccc(OC(F)(F)F)cc3)=C2)c1. The fourth-order valence-electron chi connectivity index (χ4n) is 3.84. The highest BCUT2D eigenvalue weighted by Gasteiger charge is 2.31. The summed E-state index contributed by atoms with van der Waals surface area (Å²) in [6.07, 6.45) is 4.28. The molecule has 0 saturated heterocycles. The standard InChI is InChI=1S/C26H24F3N9O2/c27-26(28,29)40-21-6-4-18(5-7-21)36-22-13-23(35-16-34-22)37-25-32-10-11-38(25)20-3-1-2-17(12-20)24(39)31-9-8-19-14-30-15-33-19/h1-7,10-15,34,36H,8-9,16H2,(H,30,33)(H,31,39)(H,32,35,37).